The van der Waals surface area contributed by atoms with Gasteiger partial charge < -0.3 is 14.8 Å². The summed E-state index contributed by atoms with van der Waals surface area (Å²) in [6.07, 6.45) is 2.58. The van der Waals surface area contributed by atoms with Crippen LogP contribution in [0.1, 0.15) is 18.4 Å². The molecule has 0 saturated carbocycles. The molecule has 0 spiro atoms. The second kappa shape index (κ2) is 10.7. The largest absolute Gasteiger partial charge is 0.493 e. The van der Waals surface area contributed by atoms with E-state index in [0.29, 0.717) is 33.7 Å². The molecule has 0 aromatic heterocycles. The van der Waals surface area contributed by atoms with Crippen LogP contribution in [-0.4, -0.2) is 41.8 Å². The summed E-state index contributed by atoms with van der Waals surface area (Å²) in [4.78, 5) is 27.5. The monoisotopic (exact) mass is 492 g/mol. The number of anilines is 1. The molecule has 1 saturated heterocycles. The molecule has 4 rings (SSSR count). The first-order valence-electron chi connectivity index (χ1n) is 10.7. The van der Waals surface area contributed by atoms with E-state index in [1.165, 1.54) is 11.8 Å². The minimum absolute atomic E-state index is 0.0948. The number of nitrogens with one attached hydrogen (secondary N) is 1. The third-order valence-corrected chi connectivity index (χ3v) is 6.81. The number of thiocarbonyl (C=S) groups is 1. The molecule has 0 unspecified atom stereocenters. The molecule has 8 heteroatoms. The van der Waals surface area contributed by atoms with Crippen LogP contribution in [0.4, 0.5) is 5.69 Å². The van der Waals surface area contributed by atoms with Crippen molar-refractivity contribution in [2.75, 3.05) is 26.1 Å². The Morgan fingerprint density at radius 1 is 1.06 bits per heavy atom. The van der Waals surface area contributed by atoms with Gasteiger partial charge in [0.15, 0.2) is 11.5 Å². The summed E-state index contributed by atoms with van der Waals surface area (Å²) in [5.41, 5.74) is 1.60. The maximum absolute atomic E-state index is 12.9. The Morgan fingerprint density at radius 2 is 1.82 bits per heavy atom. The second-order valence-electron chi connectivity index (χ2n) is 7.63. The molecule has 174 valence electrons. The fraction of sp³-hybridized carbons (Fsp3) is 0.192. The lowest BCUT2D eigenvalue weighted by Gasteiger charge is -2.14. The van der Waals surface area contributed by atoms with E-state index in [1.54, 1.807) is 31.3 Å². The highest BCUT2D eigenvalue weighted by atomic mass is 32.2. The van der Waals surface area contributed by atoms with Crippen molar-refractivity contribution in [1.82, 2.24) is 4.90 Å². The Balaban J connectivity index is 1.35. The zero-order chi connectivity index (χ0) is 24.1. The maximum atomic E-state index is 12.9. The molecule has 34 heavy (non-hydrogen) atoms. The van der Waals surface area contributed by atoms with Gasteiger partial charge in [0.05, 0.1) is 19.1 Å². The van der Waals surface area contributed by atoms with E-state index in [-0.39, 0.29) is 18.2 Å². The molecule has 2 amide bonds. The number of thioether (sulfide) groups is 1. The summed E-state index contributed by atoms with van der Waals surface area (Å²) in [7, 11) is 3.14. The van der Waals surface area contributed by atoms with Crippen molar-refractivity contribution in [2.24, 2.45) is 0 Å². The van der Waals surface area contributed by atoms with Gasteiger partial charge >= 0.3 is 0 Å². The fourth-order valence-electron chi connectivity index (χ4n) is 3.73. The number of benzene rings is 3. The topological polar surface area (TPSA) is 67.9 Å². The Morgan fingerprint density at radius 3 is 2.62 bits per heavy atom. The van der Waals surface area contributed by atoms with Gasteiger partial charge in [0.2, 0.25) is 5.91 Å². The standard InChI is InChI=1S/C26H24N2O4S2/c1-31-21-13-12-17(15-22(21)32-2)16-23-25(30)28(26(33)34-23)14-6-11-24(29)27-20-10-5-8-18-7-3-4-9-19(18)20/h3-5,7-10,12-13,15-16H,6,11,14H2,1-2H3,(H,27,29)/b23-16-. The third kappa shape index (κ3) is 5.24. The number of ether oxygens (including phenoxy) is 2. The van der Waals surface area contributed by atoms with Gasteiger partial charge in [-0.1, -0.05) is 66.4 Å². The third-order valence-electron chi connectivity index (χ3n) is 5.43. The van der Waals surface area contributed by atoms with Crippen LogP contribution < -0.4 is 14.8 Å². The first-order valence-corrected chi connectivity index (χ1v) is 12.0. The predicted molar refractivity (Wildman–Crippen MR) is 141 cm³/mol. The van der Waals surface area contributed by atoms with Gasteiger partial charge in [0.25, 0.3) is 5.91 Å². The molecule has 0 radical (unpaired) electrons. The Labute approximate surface area is 207 Å². The summed E-state index contributed by atoms with van der Waals surface area (Å²) in [5.74, 6) is 0.958. The van der Waals surface area contributed by atoms with E-state index in [2.05, 4.69) is 5.32 Å². The number of carbonyl (C=O) groups excluding carboxylic acids is 2. The van der Waals surface area contributed by atoms with Crippen molar-refractivity contribution in [3.8, 4) is 11.5 Å². The number of amides is 2. The lowest BCUT2D eigenvalue weighted by Crippen LogP contribution is -2.29. The van der Waals surface area contributed by atoms with Crippen LogP contribution in [0.15, 0.2) is 65.6 Å². The Bertz CT molecular complexity index is 1280. The molecule has 1 aliphatic rings. The van der Waals surface area contributed by atoms with Crippen molar-refractivity contribution in [2.45, 2.75) is 12.8 Å². The summed E-state index contributed by atoms with van der Waals surface area (Å²) in [6, 6.07) is 19.2. The van der Waals surface area contributed by atoms with Gasteiger partial charge in [-0.3, -0.25) is 14.5 Å². The van der Waals surface area contributed by atoms with Crippen LogP contribution in [0.3, 0.4) is 0 Å². The molecule has 0 atom stereocenters. The van der Waals surface area contributed by atoms with Gasteiger partial charge in [0, 0.05) is 24.0 Å². The molecular weight excluding hydrogens is 468 g/mol. The summed E-state index contributed by atoms with van der Waals surface area (Å²) in [6.45, 7) is 0.386. The number of rotatable bonds is 8. The van der Waals surface area contributed by atoms with E-state index in [1.807, 2.05) is 54.6 Å². The van der Waals surface area contributed by atoms with Crippen molar-refractivity contribution in [3.63, 3.8) is 0 Å². The van der Waals surface area contributed by atoms with Gasteiger partial charge in [-0.2, -0.15) is 0 Å². The van der Waals surface area contributed by atoms with Gasteiger partial charge in [-0.25, -0.2) is 0 Å². The van der Waals surface area contributed by atoms with Crippen molar-refractivity contribution in [1.29, 1.82) is 0 Å². The zero-order valence-corrected chi connectivity index (χ0v) is 20.5. The average molecular weight is 493 g/mol. The summed E-state index contributed by atoms with van der Waals surface area (Å²) < 4.78 is 11.1. The predicted octanol–water partition coefficient (Wildman–Crippen LogP) is 5.48. The summed E-state index contributed by atoms with van der Waals surface area (Å²) in [5, 5.41) is 5.04. The number of nitrogens with zero attached hydrogens (tertiary/aromatic N) is 1. The van der Waals surface area contributed by atoms with Crippen LogP contribution in [0, 0.1) is 0 Å². The van der Waals surface area contributed by atoms with Gasteiger partial charge in [0.1, 0.15) is 4.32 Å². The number of hydrogen-bond donors (Lipinski definition) is 1. The highest BCUT2D eigenvalue weighted by Gasteiger charge is 2.31. The van der Waals surface area contributed by atoms with Crippen LogP contribution in [0.5, 0.6) is 11.5 Å². The second-order valence-corrected chi connectivity index (χ2v) is 9.30. The van der Waals surface area contributed by atoms with E-state index >= 15 is 0 Å². The molecule has 3 aromatic rings. The molecular formula is C26H24N2O4S2. The lowest BCUT2D eigenvalue weighted by molar-refractivity contribution is -0.122. The van der Waals surface area contributed by atoms with Crippen molar-refractivity contribution in [3.05, 3.63) is 71.1 Å². The Kier molecular flexibility index (Phi) is 7.49. The first-order chi connectivity index (χ1) is 16.5. The van der Waals surface area contributed by atoms with E-state index in [4.69, 9.17) is 21.7 Å². The van der Waals surface area contributed by atoms with Crippen molar-refractivity contribution < 1.29 is 19.1 Å². The number of carbonyl (C=O) groups is 2. The molecule has 3 aromatic carbocycles. The molecule has 1 fully saturated rings. The molecule has 1 heterocycles. The van der Waals surface area contributed by atoms with Crippen LogP contribution >= 0.6 is 24.0 Å². The number of fused-ring (bicyclic) bond motifs is 1. The molecule has 0 bridgehead atoms. The molecule has 6 nitrogen and oxygen atoms in total. The molecule has 0 aliphatic carbocycles. The van der Waals surface area contributed by atoms with Crippen LogP contribution in [0.25, 0.3) is 16.8 Å². The number of hydrogen-bond acceptors (Lipinski definition) is 6. The zero-order valence-electron chi connectivity index (χ0n) is 18.9. The quantitative estimate of drug-likeness (QED) is 0.332. The van der Waals surface area contributed by atoms with Crippen LogP contribution in [-0.2, 0) is 9.59 Å². The highest BCUT2D eigenvalue weighted by Crippen LogP contribution is 2.35. The Hall–Kier alpha value is -3.36. The SMILES string of the molecule is COc1ccc(/C=C2\SC(=S)N(CCCC(=O)Nc3cccc4ccccc34)C2=O)cc1OC. The molecule has 1 aliphatic heterocycles. The smallest absolute Gasteiger partial charge is 0.266 e. The van der Waals surface area contributed by atoms with Crippen molar-refractivity contribution >= 4 is 62.7 Å². The highest BCUT2D eigenvalue weighted by molar-refractivity contribution is 8.26. The first kappa shape index (κ1) is 23.8. The normalized spacial score (nSPS) is 14.6. The van der Waals surface area contributed by atoms with E-state index in [9.17, 15) is 9.59 Å². The maximum Gasteiger partial charge on any atom is 0.266 e. The minimum Gasteiger partial charge on any atom is -0.493 e. The number of methoxy groups -OCH3 is 2. The van der Waals surface area contributed by atoms with Crippen LogP contribution in [0.2, 0.25) is 0 Å². The minimum atomic E-state index is -0.153. The summed E-state index contributed by atoms with van der Waals surface area (Å²) >= 11 is 6.68. The molecule has 1 N–H and O–H groups in total. The van der Waals surface area contributed by atoms with Gasteiger partial charge in [-0.15, -0.1) is 0 Å². The van der Waals surface area contributed by atoms with Gasteiger partial charge in [-0.05, 0) is 41.6 Å². The fourth-order valence-corrected chi connectivity index (χ4v) is 5.04. The lowest BCUT2D eigenvalue weighted by atomic mass is 10.1. The van der Waals surface area contributed by atoms with E-state index in [0.717, 1.165) is 22.0 Å². The van der Waals surface area contributed by atoms with E-state index < -0.39 is 0 Å². The average Bonchev–Trinajstić information content (AvgIpc) is 3.11.